The fourth-order valence-electron chi connectivity index (χ4n) is 3.84. The molecule has 198 valence electrons. The molecule has 0 bridgehead atoms. The van der Waals surface area contributed by atoms with Gasteiger partial charge in [0.1, 0.15) is 5.69 Å². The predicted molar refractivity (Wildman–Crippen MR) is 142 cm³/mol. The summed E-state index contributed by atoms with van der Waals surface area (Å²) in [5.74, 6) is 0.408. The SMILES string of the molecule is COc1ccc(/C=N\NC(=O)c2csc(-n3nc(C(F)(F)F)cc3-c3ccc4ccccc4c3)n2)cc1OC. The fraction of sp³-hybridized carbons (Fsp3) is 0.111. The molecule has 0 aliphatic heterocycles. The Balaban J connectivity index is 1.41. The Morgan fingerprint density at radius 2 is 1.77 bits per heavy atom. The maximum Gasteiger partial charge on any atom is 0.435 e. The smallest absolute Gasteiger partial charge is 0.435 e. The molecular weight excluding hydrogens is 531 g/mol. The number of ether oxygens (including phenoxy) is 2. The molecule has 3 aromatic carbocycles. The number of benzene rings is 3. The standard InChI is InChI=1S/C27H20F3N5O3S/c1-37-22-10-7-16(11-23(22)38-2)14-31-33-25(36)20-15-39-26(32-20)35-21(13-24(34-35)27(28,29)30)19-9-8-17-5-3-4-6-18(17)12-19/h3-15H,1-2H3,(H,33,36)/b31-14-. The van der Waals surface area contributed by atoms with E-state index in [2.05, 4.69) is 20.6 Å². The minimum absolute atomic E-state index is 0.0204. The Morgan fingerprint density at radius 3 is 2.51 bits per heavy atom. The summed E-state index contributed by atoms with van der Waals surface area (Å²) in [7, 11) is 3.02. The Hall–Kier alpha value is -4.71. The highest BCUT2D eigenvalue weighted by molar-refractivity contribution is 7.12. The van der Waals surface area contributed by atoms with Crippen molar-refractivity contribution in [3.63, 3.8) is 0 Å². The van der Waals surface area contributed by atoms with Gasteiger partial charge in [0.05, 0.1) is 26.1 Å². The van der Waals surface area contributed by atoms with Crippen molar-refractivity contribution in [1.29, 1.82) is 0 Å². The summed E-state index contributed by atoms with van der Waals surface area (Å²) in [5, 5.41) is 11.0. The first-order valence-electron chi connectivity index (χ1n) is 11.4. The average molecular weight is 552 g/mol. The molecule has 5 rings (SSSR count). The Kier molecular flexibility index (Phi) is 7.03. The molecule has 0 atom stereocenters. The van der Waals surface area contributed by atoms with Crippen molar-refractivity contribution in [2.75, 3.05) is 14.2 Å². The summed E-state index contributed by atoms with van der Waals surface area (Å²) in [4.78, 5) is 16.9. The first-order valence-corrected chi connectivity index (χ1v) is 12.3. The lowest BCUT2D eigenvalue weighted by Crippen LogP contribution is -2.18. The van der Waals surface area contributed by atoms with Gasteiger partial charge in [0, 0.05) is 10.9 Å². The van der Waals surface area contributed by atoms with Crippen LogP contribution in [-0.2, 0) is 6.18 Å². The molecule has 0 saturated carbocycles. The maximum absolute atomic E-state index is 13.6. The molecule has 0 aliphatic carbocycles. The molecule has 2 aromatic heterocycles. The van der Waals surface area contributed by atoms with Crippen LogP contribution in [0.4, 0.5) is 13.2 Å². The van der Waals surface area contributed by atoms with E-state index in [1.807, 2.05) is 30.3 Å². The first-order chi connectivity index (χ1) is 18.8. The van der Waals surface area contributed by atoms with Gasteiger partial charge >= 0.3 is 6.18 Å². The Bertz CT molecular complexity index is 1690. The van der Waals surface area contributed by atoms with Crippen molar-refractivity contribution in [3.05, 3.63) is 89.1 Å². The molecule has 8 nitrogen and oxygen atoms in total. The van der Waals surface area contributed by atoms with Crippen LogP contribution in [0.5, 0.6) is 11.5 Å². The molecule has 0 radical (unpaired) electrons. The maximum atomic E-state index is 13.6. The van der Waals surface area contributed by atoms with E-state index in [4.69, 9.17) is 9.47 Å². The molecule has 12 heteroatoms. The van der Waals surface area contributed by atoms with Crippen molar-refractivity contribution >= 4 is 34.2 Å². The minimum atomic E-state index is -4.66. The lowest BCUT2D eigenvalue weighted by molar-refractivity contribution is -0.141. The van der Waals surface area contributed by atoms with Crippen LogP contribution in [0.2, 0.25) is 0 Å². The largest absolute Gasteiger partial charge is 0.493 e. The van der Waals surface area contributed by atoms with Crippen molar-refractivity contribution in [2.24, 2.45) is 5.10 Å². The molecule has 2 heterocycles. The van der Waals surface area contributed by atoms with Gasteiger partial charge in [-0.05, 0) is 46.7 Å². The van der Waals surface area contributed by atoms with Crippen LogP contribution < -0.4 is 14.9 Å². The van der Waals surface area contributed by atoms with Gasteiger partial charge in [-0.15, -0.1) is 11.3 Å². The van der Waals surface area contributed by atoms with Crippen molar-refractivity contribution in [3.8, 4) is 27.9 Å². The molecule has 1 amide bonds. The number of rotatable bonds is 7. The second-order valence-corrected chi connectivity index (χ2v) is 9.05. The number of aromatic nitrogens is 3. The van der Waals surface area contributed by atoms with Crippen LogP contribution in [0.25, 0.3) is 27.2 Å². The van der Waals surface area contributed by atoms with Crippen LogP contribution in [0.15, 0.2) is 77.2 Å². The number of carbonyl (C=O) groups is 1. The van der Waals surface area contributed by atoms with Gasteiger partial charge in [0.15, 0.2) is 17.2 Å². The van der Waals surface area contributed by atoms with E-state index < -0.39 is 17.8 Å². The Labute approximate surface area is 224 Å². The zero-order valence-electron chi connectivity index (χ0n) is 20.6. The van der Waals surface area contributed by atoms with Crippen LogP contribution in [0.1, 0.15) is 21.7 Å². The van der Waals surface area contributed by atoms with Gasteiger partial charge in [-0.3, -0.25) is 4.79 Å². The highest BCUT2D eigenvalue weighted by Crippen LogP contribution is 2.35. The van der Waals surface area contributed by atoms with Gasteiger partial charge < -0.3 is 9.47 Å². The fourth-order valence-corrected chi connectivity index (χ4v) is 4.61. The summed E-state index contributed by atoms with van der Waals surface area (Å²) in [6.45, 7) is 0. The predicted octanol–water partition coefficient (Wildman–Crippen LogP) is 5.95. The number of hydrogen-bond acceptors (Lipinski definition) is 7. The van der Waals surface area contributed by atoms with E-state index in [0.717, 1.165) is 32.9 Å². The lowest BCUT2D eigenvalue weighted by atomic mass is 10.0. The number of hydrogen-bond donors (Lipinski definition) is 1. The van der Waals surface area contributed by atoms with Crippen LogP contribution in [-0.4, -0.2) is 41.1 Å². The number of carbonyl (C=O) groups excluding carboxylic acids is 1. The summed E-state index contributed by atoms with van der Waals surface area (Å²) < 4.78 is 52.3. The summed E-state index contributed by atoms with van der Waals surface area (Å²) in [6, 6.07) is 18.9. The van der Waals surface area contributed by atoms with Gasteiger partial charge in [-0.25, -0.2) is 15.1 Å². The third-order valence-electron chi connectivity index (χ3n) is 5.74. The van der Waals surface area contributed by atoms with E-state index >= 15 is 0 Å². The van der Waals surface area contributed by atoms with Gasteiger partial charge in [0.25, 0.3) is 5.91 Å². The molecule has 0 unspecified atom stereocenters. The summed E-state index contributed by atoms with van der Waals surface area (Å²) in [5.41, 5.74) is 2.65. The number of halogens is 3. The number of alkyl halides is 3. The second kappa shape index (κ2) is 10.6. The van der Waals surface area contributed by atoms with E-state index in [1.54, 1.807) is 30.3 Å². The van der Waals surface area contributed by atoms with E-state index in [1.165, 1.54) is 25.8 Å². The van der Waals surface area contributed by atoms with Gasteiger partial charge in [0.2, 0.25) is 5.13 Å². The highest BCUT2D eigenvalue weighted by Gasteiger charge is 2.35. The molecular formula is C27H20F3N5O3S. The van der Waals surface area contributed by atoms with Crippen LogP contribution in [0.3, 0.4) is 0 Å². The highest BCUT2D eigenvalue weighted by atomic mass is 32.1. The van der Waals surface area contributed by atoms with Crippen LogP contribution >= 0.6 is 11.3 Å². The first kappa shape index (κ1) is 25.9. The molecule has 5 aromatic rings. The van der Waals surface area contributed by atoms with Gasteiger partial charge in [-0.1, -0.05) is 36.4 Å². The quantitative estimate of drug-likeness (QED) is 0.200. The molecule has 1 N–H and O–H groups in total. The summed E-state index contributed by atoms with van der Waals surface area (Å²) >= 11 is 0.985. The molecule has 0 fully saturated rings. The average Bonchev–Trinajstić information content (AvgIpc) is 3.60. The number of nitrogens with zero attached hydrogens (tertiary/aromatic N) is 4. The number of hydrazone groups is 1. The van der Waals surface area contributed by atoms with Crippen molar-refractivity contribution in [2.45, 2.75) is 6.18 Å². The van der Waals surface area contributed by atoms with Crippen LogP contribution in [0, 0.1) is 0 Å². The summed E-state index contributed by atoms with van der Waals surface area (Å²) in [6.07, 6.45) is -3.25. The minimum Gasteiger partial charge on any atom is -0.493 e. The second-order valence-electron chi connectivity index (χ2n) is 8.22. The topological polar surface area (TPSA) is 90.6 Å². The van der Waals surface area contributed by atoms with E-state index in [9.17, 15) is 18.0 Å². The van der Waals surface area contributed by atoms with Gasteiger partial charge in [-0.2, -0.15) is 23.4 Å². The number of methoxy groups -OCH3 is 2. The zero-order chi connectivity index (χ0) is 27.6. The Morgan fingerprint density at radius 1 is 1.00 bits per heavy atom. The number of nitrogens with one attached hydrogen (secondary N) is 1. The lowest BCUT2D eigenvalue weighted by Gasteiger charge is -2.07. The van der Waals surface area contributed by atoms with Crippen molar-refractivity contribution < 1.29 is 27.4 Å². The molecule has 0 saturated heterocycles. The molecule has 39 heavy (non-hydrogen) atoms. The number of thiazole rings is 1. The normalized spacial score (nSPS) is 11.7. The van der Waals surface area contributed by atoms with Crippen molar-refractivity contribution in [1.82, 2.24) is 20.2 Å². The van der Waals surface area contributed by atoms with E-state index in [-0.39, 0.29) is 16.5 Å². The molecule has 0 aliphatic rings. The third kappa shape index (κ3) is 5.46. The zero-order valence-corrected chi connectivity index (χ0v) is 21.4. The number of fused-ring (bicyclic) bond motifs is 1. The number of amides is 1. The molecule has 0 spiro atoms. The third-order valence-corrected chi connectivity index (χ3v) is 6.55. The monoisotopic (exact) mass is 551 g/mol. The van der Waals surface area contributed by atoms with E-state index in [0.29, 0.717) is 22.6 Å².